The molecule has 1 heterocycles. The Hall–Kier alpha value is -2.77. The molecule has 2 rings (SSSR count). The Morgan fingerprint density at radius 2 is 2.04 bits per heavy atom. The van der Waals surface area contributed by atoms with Crippen molar-refractivity contribution in [3.8, 4) is 5.75 Å². The second-order valence-electron chi connectivity index (χ2n) is 6.20. The highest BCUT2D eigenvalue weighted by molar-refractivity contribution is 6.00. The summed E-state index contributed by atoms with van der Waals surface area (Å²) in [5.41, 5.74) is -0.0695. The molecule has 0 aromatic heterocycles. The number of carbonyl (C=O) groups excluding carboxylic acids is 3. The number of benzene rings is 1. The van der Waals surface area contributed by atoms with E-state index in [9.17, 15) is 14.4 Å². The molecule has 1 aliphatic rings. The van der Waals surface area contributed by atoms with Gasteiger partial charge in [0, 0.05) is 0 Å². The van der Waals surface area contributed by atoms with Gasteiger partial charge < -0.3 is 24.8 Å². The van der Waals surface area contributed by atoms with E-state index in [4.69, 9.17) is 9.47 Å². The summed E-state index contributed by atoms with van der Waals surface area (Å²) in [5.74, 6) is -0.606. The maximum Gasteiger partial charge on any atom is 0.408 e. The first-order valence-corrected chi connectivity index (χ1v) is 7.35. The lowest BCUT2D eigenvalue weighted by molar-refractivity contribution is -0.118. The standard InChI is InChI=1S/C16H20N2O6/c1-16(2,3)24-15(21)18-11-8-23-12-6-5-9(14(20)22-4)7-10(12)17-13(11)19/h5-7,11H,8H2,1-4H3,(H,17,19)(H,18,21)/t11-/m0/s1. The van der Waals surface area contributed by atoms with E-state index in [0.717, 1.165) is 0 Å². The molecule has 0 saturated carbocycles. The Labute approximate surface area is 139 Å². The number of hydrogen-bond donors (Lipinski definition) is 2. The van der Waals surface area contributed by atoms with E-state index >= 15 is 0 Å². The van der Waals surface area contributed by atoms with Crippen molar-refractivity contribution in [1.82, 2.24) is 5.32 Å². The predicted octanol–water partition coefficient (Wildman–Crippen LogP) is 1.70. The van der Waals surface area contributed by atoms with Crippen LogP contribution < -0.4 is 15.4 Å². The molecule has 0 aliphatic carbocycles. The van der Waals surface area contributed by atoms with Crippen molar-refractivity contribution < 1.29 is 28.6 Å². The highest BCUT2D eigenvalue weighted by atomic mass is 16.6. The topological polar surface area (TPSA) is 103 Å². The van der Waals surface area contributed by atoms with E-state index in [1.807, 2.05) is 0 Å². The molecule has 0 bridgehead atoms. The Bertz CT molecular complexity index is 665. The van der Waals surface area contributed by atoms with Gasteiger partial charge in [0.2, 0.25) is 0 Å². The summed E-state index contributed by atoms with van der Waals surface area (Å²) in [7, 11) is 1.27. The van der Waals surface area contributed by atoms with E-state index in [-0.39, 0.29) is 12.2 Å². The van der Waals surface area contributed by atoms with Crippen LogP contribution in [0.1, 0.15) is 31.1 Å². The predicted molar refractivity (Wildman–Crippen MR) is 85.1 cm³/mol. The first kappa shape index (κ1) is 17.6. The van der Waals surface area contributed by atoms with Gasteiger partial charge in [-0.3, -0.25) is 4.79 Å². The van der Waals surface area contributed by atoms with E-state index in [1.54, 1.807) is 26.8 Å². The van der Waals surface area contributed by atoms with Gasteiger partial charge >= 0.3 is 12.1 Å². The molecule has 1 atom stereocenters. The van der Waals surface area contributed by atoms with Crippen molar-refractivity contribution in [3.05, 3.63) is 23.8 Å². The van der Waals surface area contributed by atoms with Crippen LogP contribution in [0.15, 0.2) is 18.2 Å². The second-order valence-corrected chi connectivity index (χ2v) is 6.20. The van der Waals surface area contributed by atoms with E-state index in [2.05, 4.69) is 15.4 Å². The molecule has 1 aromatic rings. The number of rotatable bonds is 2. The number of carbonyl (C=O) groups is 3. The van der Waals surface area contributed by atoms with Gasteiger partial charge in [-0.15, -0.1) is 0 Å². The monoisotopic (exact) mass is 336 g/mol. The number of amides is 2. The van der Waals surface area contributed by atoms with Gasteiger partial charge in [-0.25, -0.2) is 9.59 Å². The summed E-state index contributed by atoms with van der Waals surface area (Å²) in [4.78, 5) is 35.6. The molecule has 130 valence electrons. The van der Waals surface area contributed by atoms with Crippen LogP contribution in [0.25, 0.3) is 0 Å². The quantitative estimate of drug-likeness (QED) is 0.797. The van der Waals surface area contributed by atoms with Crippen LogP contribution in [0.5, 0.6) is 5.75 Å². The lowest BCUT2D eigenvalue weighted by atomic mass is 10.2. The van der Waals surface area contributed by atoms with E-state index in [1.165, 1.54) is 19.2 Å². The summed E-state index contributed by atoms with van der Waals surface area (Å²) in [6.07, 6.45) is -0.715. The largest absolute Gasteiger partial charge is 0.489 e. The van der Waals surface area contributed by atoms with Crippen LogP contribution in [0.2, 0.25) is 0 Å². The summed E-state index contributed by atoms with van der Waals surface area (Å²) in [5, 5.41) is 5.08. The number of hydrogen-bond acceptors (Lipinski definition) is 6. The van der Waals surface area contributed by atoms with Gasteiger partial charge in [0.25, 0.3) is 5.91 Å². The number of nitrogens with one attached hydrogen (secondary N) is 2. The average Bonchev–Trinajstić information content (AvgIpc) is 2.63. The maximum absolute atomic E-state index is 12.3. The first-order valence-electron chi connectivity index (χ1n) is 7.35. The lowest BCUT2D eigenvalue weighted by Gasteiger charge is -2.22. The molecule has 0 unspecified atom stereocenters. The van der Waals surface area contributed by atoms with Crippen molar-refractivity contribution in [2.75, 3.05) is 19.0 Å². The van der Waals surface area contributed by atoms with Gasteiger partial charge in [-0.1, -0.05) is 0 Å². The minimum Gasteiger partial charge on any atom is -0.489 e. The first-order chi connectivity index (χ1) is 11.2. The second kappa shape index (κ2) is 6.77. The molecular weight excluding hydrogens is 316 g/mol. The molecular formula is C16H20N2O6. The molecule has 0 fully saturated rings. The highest BCUT2D eigenvalue weighted by Gasteiger charge is 2.28. The molecule has 0 radical (unpaired) electrons. The number of ether oxygens (including phenoxy) is 3. The summed E-state index contributed by atoms with van der Waals surface area (Å²) < 4.78 is 15.3. The van der Waals surface area contributed by atoms with Crippen LogP contribution in [-0.2, 0) is 14.3 Å². The zero-order chi connectivity index (χ0) is 17.9. The van der Waals surface area contributed by atoms with Gasteiger partial charge in [0.15, 0.2) is 0 Å². The van der Waals surface area contributed by atoms with Crippen molar-refractivity contribution in [2.45, 2.75) is 32.4 Å². The van der Waals surface area contributed by atoms with Crippen molar-refractivity contribution in [1.29, 1.82) is 0 Å². The summed E-state index contributed by atoms with van der Waals surface area (Å²) >= 11 is 0. The maximum atomic E-state index is 12.3. The molecule has 8 heteroatoms. The van der Waals surface area contributed by atoms with Crippen molar-refractivity contribution in [3.63, 3.8) is 0 Å². The Balaban J connectivity index is 2.11. The zero-order valence-corrected chi connectivity index (χ0v) is 14.0. The van der Waals surface area contributed by atoms with Crippen LogP contribution in [0, 0.1) is 0 Å². The average molecular weight is 336 g/mol. The molecule has 0 spiro atoms. The molecule has 2 amide bonds. The van der Waals surface area contributed by atoms with Crippen molar-refractivity contribution in [2.24, 2.45) is 0 Å². The normalized spacial score (nSPS) is 16.8. The molecule has 8 nitrogen and oxygen atoms in total. The lowest BCUT2D eigenvalue weighted by Crippen LogP contribution is -2.48. The Morgan fingerprint density at radius 1 is 1.33 bits per heavy atom. The SMILES string of the molecule is COC(=O)c1ccc2c(c1)NC(=O)[C@@H](NC(=O)OC(C)(C)C)CO2. The fourth-order valence-corrected chi connectivity index (χ4v) is 2.02. The number of esters is 1. The van der Waals surface area contributed by atoms with Gasteiger partial charge in [-0.2, -0.15) is 0 Å². The minimum atomic E-state index is -0.922. The fraction of sp³-hybridized carbons (Fsp3) is 0.438. The third-order valence-electron chi connectivity index (χ3n) is 3.07. The number of methoxy groups -OCH3 is 1. The Morgan fingerprint density at radius 3 is 2.67 bits per heavy atom. The molecule has 1 aromatic carbocycles. The van der Waals surface area contributed by atoms with E-state index < -0.39 is 29.6 Å². The number of alkyl carbamates (subject to hydrolysis) is 1. The van der Waals surface area contributed by atoms with Crippen LogP contribution in [0.3, 0.4) is 0 Å². The number of fused-ring (bicyclic) bond motifs is 1. The fourth-order valence-electron chi connectivity index (χ4n) is 2.02. The Kier molecular flexibility index (Phi) is 4.96. The third-order valence-corrected chi connectivity index (χ3v) is 3.07. The molecule has 2 N–H and O–H groups in total. The third kappa shape index (κ3) is 4.37. The van der Waals surface area contributed by atoms with Gasteiger partial charge in [0.1, 0.15) is 24.0 Å². The van der Waals surface area contributed by atoms with Crippen molar-refractivity contribution >= 4 is 23.7 Å². The van der Waals surface area contributed by atoms with Gasteiger partial charge in [-0.05, 0) is 39.0 Å². The smallest absolute Gasteiger partial charge is 0.408 e. The highest BCUT2D eigenvalue weighted by Crippen LogP contribution is 2.28. The summed E-state index contributed by atoms with van der Waals surface area (Å²) in [6, 6.07) is 3.61. The van der Waals surface area contributed by atoms with Gasteiger partial charge in [0.05, 0.1) is 18.4 Å². The van der Waals surface area contributed by atoms with Crippen LogP contribution >= 0.6 is 0 Å². The van der Waals surface area contributed by atoms with Crippen LogP contribution in [-0.4, -0.2) is 43.3 Å². The van der Waals surface area contributed by atoms with E-state index in [0.29, 0.717) is 11.4 Å². The summed E-state index contributed by atoms with van der Waals surface area (Å²) in [6.45, 7) is 5.11. The molecule has 24 heavy (non-hydrogen) atoms. The zero-order valence-electron chi connectivity index (χ0n) is 14.0. The molecule has 1 aliphatic heterocycles. The number of anilines is 1. The molecule has 0 saturated heterocycles. The minimum absolute atomic E-state index is 0.0599. The van der Waals surface area contributed by atoms with Crippen LogP contribution in [0.4, 0.5) is 10.5 Å².